The molecule has 1 aromatic heterocycles. The van der Waals surface area contributed by atoms with E-state index in [9.17, 15) is 4.79 Å². The highest BCUT2D eigenvalue weighted by Gasteiger charge is 2.15. The lowest BCUT2D eigenvalue weighted by Gasteiger charge is -2.18. The molecule has 0 spiro atoms. The van der Waals surface area contributed by atoms with Gasteiger partial charge in [0.15, 0.2) is 0 Å². The fraction of sp³-hybridized carbons (Fsp3) is 0.250. The Kier molecular flexibility index (Phi) is 7.10. The average Bonchev–Trinajstić information content (AvgIpc) is 3.24. The minimum absolute atomic E-state index is 0.455. The Morgan fingerprint density at radius 1 is 0.909 bits per heavy atom. The lowest BCUT2D eigenvalue weighted by molar-refractivity contribution is 0.0994. The van der Waals surface area contributed by atoms with Gasteiger partial charge in [0, 0.05) is 17.6 Å². The maximum absolute atomic E-state index is 12.2. The van der Waals surface area contributed by atoms with Crippen LogP contribution in [0.25, 0.3) is 16.6 Å². The molecule has 1 amide bonds. The minimum atomic E-state index is -0.455. The van der Waals surface area contributed by atoms with E-state index in [0.717, 1.165) is 54.0 Å². The molecule has 0 saturated heterocycles. The Hall–Kier alpha value is -3.57. The van der Waals surface area contributed by atoms with E-state index < -0.39 is 5.91 Å². The third kappa shape index (κ3) is 5.26. The molecule has 5 heteroatoms. The number of nitrogens with two attached hydrogens (primary N) is 1. The number of rotatable bonds is 10. The molecule has 0 bridgehead atoms. The quantitative estimate of drug-likeness (QED) is 0.368. The summed E-state index contributed by atoms with van der Waals surface area (Å²) in [5, 5.41) is 0.917. The zero-order valence-corrected chi connectivity index (χ0v) is 19.3. The Balaban J connectivity index is 1.58. The van der Waals surface area contributed by atoms with Crippen LogP contribution in [0.1, 0.15) is 35.5 Å². The first-order valence-electron chi connectivity index (χ1n) is 11.5. The van der Waals surface area contributed by atoms with E-state index in [0.29, 0.717) is 12.3 Å². The minimum Gasteiger partial charge on any atom is -0.489 e. The number of hydrogen-bond donors (Lipinski definition) is 1. The summed E-state index contributed by atoms with van der Waals surface area (Å²) in [7, 11) is 0. The van der Waals surface area contributed by atoms with Crippen LogP contribution in [-0.4, -0.2) is 35.0 Å². The lowest BCUT2D eigenvalue weighted by atomic mass is 10.1. The molecule has 170 valence electrons. The highest BCUT2D eigenvalue weighted by Crippen LogP contribution is 2.28. The Morgan fingerprint density at radius 2 is 1.64 bits per heavy atom. The van der Waals surface area contributed by atoms with Gasteiger partial charge in [0.1, 0.15) is 18.1 Å². The highest BCUT2D eigenvalue weighted by molar-refractivity contribution is 5.99. The number of fused-ring (bicyclic) bond motifs is 1. The van der Waals surface area contributed by atoms with Crippen LogP contribution in [0.4, 0.5) is 0 Å². The summed E-state index contributed by atoms with van der Waals surface area (Å²) in [5.74, 6) is 0.301. The van der Waals surface area contributed by atoms with Gasteiger partial charge in [-0.1, -0.05) is 56.3 Å². The second-order valence-electron chi connectivity index (χ2n) is 8.17. The van der Waals surface area contributed by atoms with Gasteiger partial charge in [-0.2, -0.15) is 0 Å². The maximum atomic E-state index is 12.2. The van der Waals surface area contributed by atoms with Crippen LogP contribution in [0.2, 0.25) is 0 Å². The molecule has 4 aromatic rings. The van der Waals surface area contributed by atoms with Gasteiger partial charge in [0.05, 0.1) is 5.52 Å². The standard InChI is InChI=1S/C28H31N3O2/c1-3-30(4-2)17-16-21-10-12-24(13-11-21)31-26-15-14-25(18-23(26)19-27(31)28(29)32)33-20-22-8-6-5-7-9-22/h5-15,18-19H,3-4,16-17,20H2,1-2H3,(H2,29,32). The van der Waals surface area contributed by atoms with Gasteiger partial charge in [-0.15, -0.1) is 0 Å². The fourth-order valence-corrected chi connectivity index (χ4v) is 4.12. The number of likely N-dealkylation sites (N-methyl/N-ethyl adjacent to an activating group) is 1. The zero-order valence-electron chi connectivity index (χ0n) is 19.3. The number of nitrogens with zero attached hydrogens (tertiary/aromatic N) is 2. The van der Waals surface area contributed by atoms with Crippen molar-refractivity contribution in [1.82, 2.24) is 9.47 Å². The Morgan fingerprint density at radius 3 is 2.30 bits per heavy atom. The van der Waals surface area contributed by atoms with Crippen molar-refractivity contribution in [2.24, 2.45) is 5.73 Å². The van der Waals surface area contributed by atoms with Gasteiger partial charge in [0.2, 0.25) is 0 Å². The van der Waals surface area contributed by atoms with E-state index in [2.05, 4.69) is 43.0 Å². The van der Waals surface area contributed by atoms with Gasteiger partial charge in [-0.3, -0.25) is 4.79 Å². The Bertz CT molecular complexity index is 1210. The molecule has 0 saturated carbocycles. The average molecular weight is 442 g/mol. The van der Waals surface area contributed by atoms with Crippen molar-refractivity contribution < 1.29 is 9.53 Å². The van der Waals surface area contributed by atoms with E-state index >= 15 is 0 Å². The number of benzene rings is 3. The van der Waals surface area contributed by atoms with Gasteiger partial charge in [-0.05, 0) is 67.0 Å². The first-order chi connectivity index (χ1) is 16.1. The first-order valence-corrected chi connectivity index (χ1v) is 11.5. The SMILES string of the molecule is CCN(CC)CCc1ccc(-n2c(C(N)=O)cc3cc(OCc4ccccc4)ccc32)cc1. The van der Waals surface area contributed by atoms with Crippen molar-refractivity contribution in [3.8, 4) is 11.4 Å². The highest BCUT2D eigenvalue weighted by atomic mass is 16.5. The van der Waals surface area contributed by atoms with E-state index in [1.807, 2.05) is 59.2 Å². The summed E-state index contributed by atoms with van der Waals surface area (Å²) in [6.45, 7) is 8.02. The molecular weight excluding hydrogens is 410 g/mol. The molecule has 5 nitrogen and oxygen atoms in total. The monoisotopic (exact) mass is 441 g/mol. The van der Waals surface area contributed by atoms with Crippen molar-refractivity contribution >= 4 is 16.8 Å². The van der Waals surface area contributed by atoms with Crippen molar-refractivity contribution in [2.75, 3.05) is 19.6 Å². The number of carbonyl (C=O) groups is 1. The smallest absolute Gasteiger partial charge is 0.265 e. The van der Waals surface area contributed by atoms with Gasteiger partial charge in [-0.25, -0.2) is 0 Å². The molecule has 0 aliphatic carbocycles. The van der Waals surface area contributed by atoms with E-state index in [1.165, 1.54) is 5.56 Å². The molecule has 1 heterocycles. The third-order valence-corrected chi connectivity index (χ3v) is 6.08. The third-order valence-electron chi connectivity index (χ3n) is 6.08. The summed E-state index contributed by atoms with van der Waals surface area (Å²) >= 11 is 0. The maximum Gasteiger partial charge on any atom is 0.265 e. The molecule has 2 N–H and O–H groups in total. The van der Waals surface area contributed by atoms with Crippen molar-refractivity contribution in [1.29, 1.82) is 0 Å². The Labute approximate surface area is 195 Å². The lowest BCUT2D eigenvalue weighted by Crippen LogP contribution is -2.25. The number of carbonyl (C=O) groups excluding carboxylic acids is 1. The van der Waals surface area contributed by atoms with E-state index in [1.54, 1.807) is 0 Å². The second kappa shape index (κ2) is 10.4. The molecule has 0 unspecified atom stereocenters. The van der Waals surface area contributed by atoms with Crippen LogP contribution in [0, 0.1) is 0 Å². The molecule has 0 fully saturated rings. The predicted molar refractivity (Wildman–Crippen MR) is 134 cm³/mol. The molecule has 0 aliphatic heterocycles. The van der Waals surface area contributed by atoms with E-state index in [-0.39, 0.29) is 0 Å². The topological polar surface area (TPSA) is 60.5 Å². The second-order valence-corrected chi connectivity index (χ2v) is 8.17. The van der Waals surface area contributed by atoms with Crippen LogP contribution < -0.4 is 10.5 Å². The summed E-state index contributed by atoms with van der Waals surface area (Å²) in [6, 6.07) is 26.1. The number of amides is 1. The van der Waals surface area contributed by atoms with Crippen LogP contribution in [-0.2, 0) is 13.0 Å². The fourth-order valence-electron chi connectivity index (χ4n) is 4.12. The predicted octanol–water partition coefficient (Wildman–Crippen LogP) is 5.19. The molecule has 0 atom stereocenters. The summed E-state index contributed by atoms with van der Waals surface area (Å²) in [5.41, 5.74) is 10.4. The number of aromatic nitrogens is 1. The van der Waals surface area contributed by atoms with Gasteiger partial charge < -0.3 is 19.9 Å². The largest absolute Gasteiger partial charge is 0.489 e. The summed E-state index contributed by atoms with van der Waals surface area (Å²) < 4.78 is 7.89. The van der Waals surface area contributed by atoms with Crippen molar-refractivity contribution in [2.45, 2.75) is 26.9 Å². The van der Waals surface area contributed by atoms with Crippen LogP contribution in [0.3, 0.4) is 0 Å². The van der Waals surface area contributed by atoms with Crippen LogP contribution in [0.15, 0.2) is 78.9 Å². The van der Waals surface area contributed by atoms with Gasteiger partial charge >= 0.3 is 0 Å². The molecule has 0 radical (unpaired) electrons. The number of primary amides is 1. The van der Waals surface area contributed by atoms with Crippen molar-refractivity contribution in [3.63, 3.8) is 0 Å². The molecule has 4 rings (SSSR count). The number of hydrogen-bond acceptors (Lipinski definition) is 3. The van der Waals surface area contributed by atoms with E-state index in [4.69, 9.17) is 10.5 Å². The van der Waals surface area contributed by atoms with Crippen LogP contribution >= 0.6 is 0 Å². The normalized spacial score (nSPS) is 11.2. The van der Waals surface area contributed by atoms with Crippen LogP contribution in [0.5, 0.6) is 5.75 Å². The number of ether oxygens (including phenoxy) is 1. The molecule has 3 aromatic carbocycles. The molecule has 0 aliphatic rings. The van der Waals surface area contributed by atoms with Gasteiger partial charge in [0.25, 0.3) is 5.91 Å². The first kappa shape index (κ1) is 22.6. The zero-order chi connectivity index (χ0) is 23.2. The summed E-state index contributed by atoms with van der Waals surface area (Å²) in [4.78, 5) is 14.6. The summed E-state index contributed by atoms with van der Waals surface area (Å²) in [6.07, 6.45) is 0.999. The van der Waals surface area contributed by atoms with Crippen molar-refractivity contribution in [3.05, 3.63) is 95.7 Å². The molecular formula is C28H31N3O2. The molecule has 33 heavy (non-hydrogen) atoms.